The lowest BCUT2D eigenvalue weighted by Crippen LogP contribution is -2.64. The third-order valence-electron chi connectivity index (χ3n) is 6.04. The van der Waals surface area contributed by atoms with Gasteiger partial charge in [-0.3, -0.25) is 9.59 Å². The number of carbonyl (C=O) groups excluding carboxylic acids is 4. The van der Waals surface area contributed by atoms with Gasteiger partial charge < -0.3 is 30.2 Å². The summed E-state index contributed by atoms with van der Waals surface area (Å²) in [6.07, 6.45) is -0.366. The van der Waals surface area contributed by atoms with Crippen LogP contribution < -0.4 is 16.0 Å². The molecule has 1 aliphatic heterocycles. The van der Waals surface area contributed by atoms with Gasteiger partial charge in [-0.25, -0.2) is 9.59 Å². The Hall–Kier alpha value is -3.92. The second kappa shape index (κ2) is 13.2. The minimum absolute atomic E-state index is 0.0503. The Labute approximate surface area is 228 Å². The molecule has 1 aliphatic rings. The first-order valence-electron chi connectivity index (χ1n) is 12.9. The van der Waals surface area contributed by atoms with Crippen LogP contribution in [0.15, 0.2) is 60.7 Å². The number of carbonyl (C=O) groups is 4. The summed E-state index contributed by atoms with van der Waals surface area (Å²) in [7, 11) is 0. The third kappa shape index (κ3) is 9.10. The van der Waals surface area contributed by atoms with E-state index in [2.05, 4.69) is 16.0 Å². The third-order valence-corrected chi connectivity index (χ3v) is 6.04. The molecule has 3 atom stereocenters. The van der Waals surface area contributed by atoms with Gasteiger partial charge in [0.25, 0.3) is 0 Å². The molecule has 10 heteroatoms. The lowest BCUT2D eigenvalue weighted by Gasteiger charge is -2.31. The van der Waals surface area contributed by atoms with Crippen LogP contribution in [0.3, 0.4) is 0 Å². The van der Waals surface area contributed by atoms with E-state index in [4.69, 9.17) is 14.2 Å². The molecule has 3 rings (SSSR count). The van der Waals surface area contributed by atoms with Gasteiger partial charge in [0.1, 0.15) is 29.8 Å². The average molecular weight is 540 g/mol. The summed E-state index contributed by atoms with van der Waals surface area (Å²) < 4.78 is 16.2. The van der Waals surface area contributed by atoms with Crippen molar-refractivity contribution in [2.24, 2.45) is 0 Å². The smallest absolute Gasteiger partial charge is 0.408 e. The lowest BCUT2D eigenvalue weighted by molar-refractivity contribution is -0.159. The molecule has 1 fully saturated rings. The van der Waals surface area contributed by atoms with Gasteiger partial charge in [-0.2, -0.15) is 0 Å². The standard InChI is InChI=1S/C29H37N3O7/c1-20(30-27(36)38-18-22-13-9-6-10-14-22)24(33)32-29(15-16-37-19-29)26(35)31-23(25(34)39-28(2,3)4)17-21-11-7-5-8-12-21/h5-14,20,23H,15-19H2,1-4H3,(H,30,36)(H,31,35)(H,32,33)/t20-,23-,29?/m0/s1. The van der Waals surface area contributed by atoms with E-state index < -0.39 is 47.1 Å². The molecule has 0 saturated carbocycles. The maximum atomic E-state index is 13.6. The van der Waals surface area contributed by atoms with Gasteiger partial charge in [0.05, 0.1) is 6.61 Å². The molecule has 39 heavy (non-hydrogen) atoms. The molecule has 1 unspecified atom stereocenters. The van der Waals surface area contributed by atoms with E-state index in [1.165, 1.54) is 6.92 Å². The molecule has 2 aromatic carbocycles. The molecule has 0 radical (unpaired) electrons. The summed E-state index contributed by atoms with van der Waals surface area (Å²) in [6, 6.07) is 16.4. The highest BCUT2D eigenvalue weighted by Crippen LogP contribution is 2.21. The first kappa shape index (κ1) is 29.6. The molecule has 10 nitrogen and oxygen atoms in total. The highest BCUT2D eigenvalue weighted by atomic mass is 16.6. The number of hydrogen-bond acceptors (Lipinski definition) is 7. The van der Waals surface area contributed by atoms with E-state index in [0.29, 0.717) is 0 Å². The molecule has 0 aliphatic carbocycles. The lowest BCUT2D eigenvalue weighted by atomic mass is 9.95. The van der Waals surface area contributed by atoms with Gasteiger partial charge >= 0.3 is 12.1 Å². The fourth-order valence-corrected chi connectivity index (χ4v) is 3.96. The molecule has 3 amide bonds. The number of esters is 1. The van der Waals surface area contributed by atoms with Crippen LogP contribution in [0, 0.1) is 0 Å². The Morgan fingerprint density at radius 1 is 0.949 bits per heavy atom. The minimum Gasteiger partial charge on any atom is -0.458 e. The second-order valence-corrected chi connectivity index (χ2v) is 10.6. The zero-order chi connectivity index (χ0) is 28.5. The molecule has 0 aromatic heterocycles. The predicted octanol–water partition coefficient (Wildman–Crippen LogP) is 2.65. The summed E-state index contributed by atoms with van der Waals surface area (Å²) >= 11 is 0. The van der Waals surface area contributed by atoms with Crippen LogP contribution in [0.5, 0.6) is 0 Å². The highest BCUT2D eigenvalue weighted by molar-refractivity contribution is 5.96. The highest BCUT2D eigenvalue weighted by Gasteiger charge is 2.46. The van der Waals surface area contributed by atoms with Crippen LogP contribution in [0.1, 0.15) is 45.2 Å². The largest absolute Gasteiger partial charge is 0.458 e. The van der Waals surface area contributed by atoms with Gasteiger partial charge in [0.2, 0.25) is 11.8 Å². The van der Waals surface area contributed by atoms with Gasteiger partial charge in [-0.15, -0.1) is 0 Å². The van der Waals surface area contributed by atoms with Gasteiger partial charge in [-0.1, -0.05) is 60.7 Å². The molecular weight excluding hydrogens is 502 g/mol. The zero-order valence-electron chi connectivity index (χ0n) is 22.8. The van der Waals surface area contributed by atoms with E-state index in [9.17, 15) is 19.2 Å². The van der Waals surface area contributed by atoms with Crippen molar-refractivity contribution in [3.8, 4) is 0 Å². The Kier molecular flexibility index (Phi) is 10.1. The maximum absolute atomic E-state index is 13.6. The van der Waals surface area contributed by atoms with Gasteiger partial charge in [0.15, 0.2) is 0 Å². The number of hydrogen-bond donors (Lipinski definition) is 3. The zero-order valence-corrected chi connectivity index (χ0v) is 22.8. The number of alkyl carbamates (subject to hydrolysis) is 1. The number of rotatable bonds is 10. The van der Waals surface area contributed by atoms with Crippen molar-refractivity contribution in [1.82, 2.24) is 16.0 Å². The molecule has 1 heterocycles. The summed E-state index contributed by atoms with van der Waals surface area (Å²) in [5.41, 5.74) is -0.535. The van der Waals surface area contributed by atoms with E-state index >= 15 is 0 Å². The number of nitrogens with one attached hydrogen (secondary N) is 3. The van der Waals surface area contributed by atoms with Crippen LogP contribution in [0.25, 0.3) is 0 Å². The Morgan fingerprint density at radius 2 is 1.56 bits per heavy atom. The summed E-state index contributed by atoms with van der Waals surface area (Å²) in [5, 5.41) is 7.98. The van der Waals surface area contributed by atoms with Crippen LogP contribution in [-0.4, -0.2) is 60.3 Å². The van der Waals surface area contributed by atoms with Crippen LogP contribution in [-0.2, 0) is 41.6 Å². The van der Waals surface area contributed by atoms with Crippen LogP contribution >= 0.6 is 0 Å². The topological polar surface area (TPSA) is 132 Å². The second-order valence-electron chi connectivity index (χ2n) is 10.6. The fourth-order valence-electron chi connectivity index (χ4n) is 3.96. The number of ether oxygens (including phenoxy) is 3. The van der Waals surface area contributed by atoms with Crippen molar-refractivity contribution in [1.29, 1.82) is 0 Å². The van der Waals surface area contributed by atoms with Crippen molar-refractivity contribution >= 4 is 23.9 Å². The molecule has 0 spiro atoms. The van der Waals surface area contributed by atoms with E-state index in [0.717, 1.165) is 11.1 Å². The number of amides is 3. The van der Waals surface area contributed by atoms with Crippen molar-refractivity contribution in [2.45, 2.75) is 70.4 Å². The average Bonchev–Trinajstić information content (AvgIpc) is 3.37. The van der Waals surface area contributed by atoms with E-state index in [1.807, 2.05) is 60.7 Å². The minimum atomic E-state index is -1.42. The van der Waals surface area contributed by atoms with E-state index in [-0.39, 0.29) is 32.7 Å². The van der Waals surface area contributed by atoms with Crippen molar-refractivity contribution < 1.29 is 33.4 Å². The van der Waals surface area contributed by atoms with Gasteiger partial charge in [-0.05, 0) is 38.8 Å². The number of benzene rings is 2. The Balaban J connectivity index is 1.65. The summed E-state index contributed by atoms with van der Waals surface area (Å²) in [5.74, 6) is -1.75. The normalized spacial score (nSPS) is 18.4. The van der Waals surface area contributed by atoms with E-state index in [1.54, 1.807) is 20.8 Å². The Morgan fingerprint density at radius 3 is 2.13 bits per heavy atom. The first-order valence-corrected chi connectivity index (χ1v) is 12.9. The molecule has 3 N–H and O–H groups in total. The monoisotopic (exact) mass is 539 g/mol. The van der Waals surface area contributed by atoms with Crippen LogP contribution in [0.2, 0.25) is 0 Å². The predicted molar refractivity (Wildman–Crippen MR) is 143 cm³/mol. The molecule has 0 bridgehead atoms. The van der Waals surface area contributed by atoms with Crippen molar-refractivity contribution in [2.75, 3.05) is 13.2 Å². The molecule has 210 valence electrons. The molecular formula is C29H37N3O7. The summed E-state index contributed by atoms with van der Waals surface area (Å²) in [6.45, 7) is 6.94. The van der Waals surface area contributed by atoms with Gasteiger partial charge in [0, 0.05) is 19.4 Å². The first-order chi connectivity index (χ1) is 18.5. The van der Waals surface area contributed by atoms with Crippen LogP contribution in [0.4, 0.5) is 4.79 Å². The van der Waals surface area contributed by atoms with Crippen molar-refractivity contribution in [3.63, 3.8) is 0 Å². The SMILES string of the molecule is C[C@H](NC(=O)OCc1ccccc1)C(=O)NC1(C(=O)N[C@@H](Cc2ccccc2)C(=O)OC(C)(C)C)CCOC1. The quantitative estimate of drug-likeness (QED) is 0.396. The molecule has 1 saturated heterocycles. The fraction of sp³-hybridized carbons (Fsp3) is 0.448. The molecule has 2 aromatic rings. The maximum Gasteiger partial charge on any atom is 0.408 e. The Bertz CT molecular complexity index is 1130. The summed E-state index contributed by atoms with van der Waals surface area (Å²) in [4.78, 5) is 51.8. The van der Waals surface area contributed by atoms with Crippen molar-refractivity contribution in [3.05, 3.63) is 71.8 Å².